The van der Waals surface area contributed by atoms with E-state index in [0.29, 0.717) is 11.5 Å². The van der Waals surface area contributed by atoms with Crippen molar-refractivity contribution in [2.45, 2.75) is 26.4 Å². The molecule has 0 spiro atoms. The number of hydrogen-bond donors (Lipinski definition) is 1. The van der Waals surface area contributed by atoms with Gasteiger partial charge >= 0.3 is 6.18 Å². The molecule has 0 fully saturated rings. The summed E-state index contributed by atoms with van der Waals surface area (Å²) in [5.74, 6) is 0.545. The number of allylic oxidation sites excluding steroid dienone is 2. The van der Waals surface area contributed by atoms with Crippen LogP contribution in [0.5, 0.6) is 0 Å². The first-order valence-electron chi connectivity index (χ1n) is 7.51. The van der Waals surface area contributed by atoms with E-state index in [4.69, 9.17) is 5.73 Å². The van der Waals surface area contributed by atoms with Crippen molar-refractivity contribution in [3.05, 3.63) is 35.5 Å². The van der Waals surface area contributed by atoms with Gasteiger partial charge in [-0.3, -0.25) is 4.99 Å². The number of nitrogens with zero attached hydrogens (tertiary/aromatic N) is 2. The standard InChI is InChI=1S/C17H24F3N3/c1-5-12(2)11-23(4)14-8-6-13(7-9-14)15(10-22-3)16(21)17(18,19)20/h6-10,12H,5,11,21H2,1-4H3. The number of rotatable bonds is 6. The van der Waals surface area contributed by atoms with Crippen LogP contribution in [0.3, 0.4) is 0 Å². The molecule has 128 valence electrons. The van der Waals surface area contributed by atoms with Gasteiger partial charge in [0.05, 0.1) is 0 Å². The van der Waals surface area contributed by atoms with E-state index in [1.807, 2.05) is 7.05 Å². The lowest BCUT2D eigenvalue weighted by molar-refractivity contribution is -0.0918. The summed E-state index contributed by atoms with van der Waals surface area (Å²) in [6, 6.07) is 6.87. The van der Waals surface area contributed by atoms with Crippen molar-refractivity contribution in [2.24, 2.45) is 16.6 Å². The van der Waals surface area contributed by atoms with E-state index in [2.05, 4.69) is 23.7 Å². The number of benzene rings is 1. The van der Waals surface area contributed by atoms with Gasteiger partial charge in [0.2, 0.25) is 0 Å². The molecule has 1 aromatic carbocycles. The van der Waals surface area contributed by atoms with Gasteiger partial charge in [0.25, 0.3) is 0 Å². The zero-order valence-electron chi connectivity index (χ0n) is 14.0. The second kappa shape index (κ2) is 8.04. The van der Waals surface area contributed by atoms with Crippen LogP contribution in [0.4, 0.5) is 18.9 Å². The molecule has 1 atom stereocenters. The van der Waals surface area contributed by atoms with Gasteiger partial charge in [-0.15, -0.1) is 0 Å². The molecule has 0 aliphatic rings. The first-order valence-corrected chi connectivity index (χ1v) is 7.51. The van der Waals surface area contributed by atoms with E-state index in [9.17, 15) is 13.2 Å². The van der Waals surface area contributed by atoms with Crippen LogP contribution < -0.4 is 10.6 Å². The second-order valence-electron chi connectivity index (χ2n) is 5.65. The fourth-order valence-corrected chi connectivity index (χ4v) is 2.18. The monoisotopic (exact) mass is 327 g/mol. The van der Waals surface area contributed by atoms with Gasteiger partial charge in [-0.1, -0.05) is 32.4 Å². The number of hydrogen-bond acceptors (Lipinski definition) is 3. The van der Waals surface area contributed by atoms with Gasteiger partial charge in [-0.05, 0) is 23.6 Å². The quantitative estimate of drug-likeness (QED) is 0.799. The van der Waals surface area contributed by atoms with Crippen molar-refractivity contribution >= 4 is 17.5 Å². The maximum atomic E-state index is 12.8. The molecular weight excluding hydrogens is 303 g/mol. The Balaban J connectivity index is 3.10. The van der Waals surface area contributed by atoms with E-state index in [1.54, 1.807) is 24.3 Å². The van der Waals surface area contributed by atoms with Gasteiger partial charge in [0.1, 0.15) is 5.70 Å². The molecule has 0 aromatic heterocycles. The van der Waals surface area contributed by atoms with Crippen LogP contribution in [0.25, 0.3) is 5.57 Å². The van der Waals surface area contributed by atoms with Crippen molar-refractivity contribution in [2.75, 3.05) is 25.5 Å². The van der Waals surface area contributed by atoms with E-state index in [0.717, 1.165) is 24.9 Å². The second-order valence-corrected chi connectivity index (χ2v) is 5.65. The summed E-state index contributed by atoms with van der Waals surface area (Å²) >= 11 is 0. The smallest absolute Gasteiger partial charge is 0.394 e. The van der Waals surface area contributed by atoms with Crippen molar-refractivity contribution in [1.29, 1.82) is 0 Å². The first-order chi connectivity index (χ1) is 10.7. The minimum atomic E-state index is -4.58. The van der Waals surface area contributed by atoms with Crippen molar-refractivity contribution in [1.82, 2.24) is 0 Å². The predicted molar refractivity (Wildman–Crippen MR) is 90.7 cm³/mol. The summed E-state index contributed by atoms with van der Waals surface area (Å²) in [4.78, 5) is 5.77. The molecule has 0 aliphatic carbocycles. The van der Waals surface area contributed by atoms with Gasteiger partial charge in [-0.2, -0.15) is 13.2 Å². The molecule has 0 amide bonds. The molecule has 0 bridgehead atoms. The number of anilines is 1. The lowest BCUT2D eigenvalue weighted by Crippen LogP contribution is -2.23. The Morgan fingerprint density at radius 3 is 2.30 bits per heavy atom. The highest BCUT2D eigenvalue weighted by atomic mass is 19.4. The SMILES string of the molecule is CCC(C)CN(C)c1ccc(C(C=NC)=C(N)C(F)(F)F)cc1. The van der Waals surface area contributed by atoms with Crippen molar-refractivity contribution in [3.63, 3.8) is 0 Å². The molecule has 1 unspecified atom stereocenters. The molecule has 1 aromatic rings. The normalized spacial score (nSPS) is 14.7. The fourth-order valence-electron chi connectivity index (χ4n) is 2.18. The molecule has 0 aliphatic heterocycles. The van der Waals surface area contributed by atoms with Crippen LogP contribution in [0.1, 0.15) is 25.8 Å². The largest absolute Gasteiger partial charge is 0.431 e. The van der Waals surface area contributed by atoms with E-state index >= 15 is 0 Å². The van der Waals surface area contributed by atoms with E-state index in [1.165, 1.54) is 7.05 Å². The third-order valence-corrected chi connectivity index (χ3v) is 3.76. The summed E-state index contributed by atoms with van der Waals surface area (Å²) in [5, 5.41) is 0. The molecular formula is C17H24F3N3. The average Bonchev–Trinajstić information content (AvgIpc) is 2.51. The third kappa shape index (κ3) is 5.30. The number of aliphatic imine (C=N–C) groups is 1. The zero-order valence-corrected chi connectivity index (χ0v) is 14.0. The Kier molecular flexibility index (Phi) is 6.66. The topological polar surface area (TPSA) is 41.6 Å². The van der Waals surface area contributed by atoms with Crippen molar-refractivity contribution in [3.8, 4) is 0 Å². The predicted octanol–water partition coefficient (Wildman–Crippen LogP) is 4.10. The van der Waals surface area contributed by atoms with Crippen LogP contribution in [0.2, 0.25) is 0 Å². The third-order valence-electron chi connectivity index (χ3n) is 3.76. The summed E-state index contributed by atoms with van der Waals surface area (Å²) in [5.41, 5.74) is 5.34. The first kappa shape index (κ1) is 19.1. The Bertz CT molecular complexity index is 559. The molecule has 0 radical (unpaired) electrons. The molecule has 6 heteroatoms. The highest BCUT2D eigenvalue weighted by Gasteiger charge is 2.34. The molecule has 3 nitrogen and oxygen atoms in total. The van der Waals surface area contributed by atoms with Crippen LogP contribution in [0.15, 0.2) is 35.0 Å². The van der Waals surface area contributed by atoms with Gasteiger partial charge in [-0.25, -0.2) is 0 Å². The van der Waals surface area contributed by atoms with Crippen LogP contribution >= 0.6 is 0 Å². The summed E-state index contributed by atoms with van der Waals surface area (Å²) in [6.07, 6.45) is -2.37. The van der Waals surface area contributed by atoms with E-state index in [-0.39, 0.29) is 5.57 Å². The Morgan fingerprint density at radius 2 is 1.87 bits per heavy atom. The average molecular weight is 327 g/mol. The highest BCUT2D eigenvalue weighted by Crippen LogP contribution is 2.29. The Labute approximate surface area is 135 Å². The lowest BCUT2D eigenvalue weighted by atomic mass is 10.0. The summed E-state index contributed by atoms with van der Waals surface area (Å²) in [6.45, 7) is 5.18. The highest BCUT2D eigenvalue weighted by molar-refractivity contribution is 6.11. The van der Waals surface area contributed by atoms with Crippen LogP contribution in [0, 0.1) is 5.92 Å². The van der Waals surface area contributed by atoms with E-state index < -0.39 is 11.9 Å². The minimum absolute atomic E-state index is 0.115. The van der Waals surface area contributed by atoms with Gasteiger partial charge < -0.3 is 10.6 Å². The lowest BCUT2D eigenvalue weighted by Gasteiger charge is -2.23. The van der Waals surface area contributed by atoms with Crippen molar-refractivity contribution < 1.29 is 13.2 Å². The maximum Gasteiger partial charge on any atom is 0.431 e. The number of halogens is 3. The van der Waals surface area contributed by atoms with Crippen LogP contribution in [-0.2, 0) is 0 Å². The molecule has 0 saturated heterocycles. The van der Waals surface area contributed by atoms with Gasteiger partial charge in [0.15, 0.2) is 0 Å². The number of alkyl halides is 3. The van der Waals surface area contributed by atoms with Gasteiger partial charge in [0, 0.05) is 38.1 Å². The summed E-state index contributed by atoms with van der Waals surface area (Å²) in [7, 11) is 3.38. The maximum absolute atomic E-state index is 12.8. The molecule has 0 saturated carbocycles. The molecule has 23 heavy (non-hydrogen) atoms. The zero-order chi connectivity index (χ0) is 17.6. The molecule has 1 rings (SSSR count). The number of nitrogens with two attached hydrogens (primary N) is 1. The molecule has 0 heterocycles. The van der Waals surface area contributed by atoms with Crippen LogP contribution in [-0.4, -0.2) is 33.0 Å². The Hall–Kier alpha value is -1.98. The Morgan fingerprint density at radius 1 is 1.30 bits per heavy atom. The minimum Gasteiger partial charge on any atom is -0.394 e. The summed E-state index contributed by atoms with van der Waals surface area (Å²) < 4.78 is 38.5. The fraction of sp³-hybridized carbons (Fsp3) is 0.471. The molecule has 2 N–H and O–H groups in total.